The van der Waals surface area contributed by atoms with Gasteiger partial charge in [0.1, 0.15) is 0 Å². The van der Waals surface area contributed by atoms with E-state index in [2.05, 4.69) is 10.6 Å². The van der Waals surface area contributed by atoms with E-state index in [4.69, 9.17) is 5.11 Å². The van der Waals surface area contributed by atoms with Crippen molar-refractivity contribution in [3.05, 3.63) is 94.0 Å². The maximum Gasteiger partial charge on any atom is 0.335 e. The van der Waals surface area contributed by atoms with Gasteiger partial charge in [-0.3, -0.25) is 19.7 Å². The summed E-state index contributed by atoms with van der Waals surface area (Å²) in [6, 6.07) is 18.1. The van der Waals surface area contributed by atoms with Crippen molar-refractivity contribution in [2.45, 2.75) is 17.1 Å². The molecule has 3 rings (SSSR count). The van der Waals surface area contributed by atoms with Crippen LogP contribution < -0.4 is 10.6 Å². The normalized spacial score (nSPS) is 11.3. The molecule has 2 amide bonds. The Kier molecular flexibility index (Phi) is 7.42. The first-order valence-electron chi connectivity index (χ1n) is 9.69. The number of amides is 2. The van der Waals surface area contributed by atoms with Gasteiger partial charge in [-0.2, -0.15) is 0 Å². The SMILES string of the molecule is CC(Sc1ccc(NC(=O)c2ccc([N+](=O)[O-])cc2)cc1)C(=O)Nc1ccc(C(=O)O)cc1. The summed E-state index contributed by atoms with van der Waals surface area (Å²) in [5, 5.41) is 24.7. The van der Waals surface area contributed by atoms with Crippen molar-refractivity contribution in [2.24, 2.45) is 0 Å². The molecule has 0 aliphatic heterocycles. The van der Waals surface area contributed by atoms with Crippen LogP contribution >= 0.6 is 11.8 Å². The fourth-order valence-corrected chi connectivity index (χ4v) is 3.62. The van der Waals surface area contributed by atoms with Crippen LogP contribution in [0.5, 0.6) is 0 Å². The van der Waals surface area contributed by atoms with E-state index in [1.54, 1.807) is 31.2 Å². The van der Waals surface area contributed by atoms with Gasteiger partial charge in [-0.1, -0.05) is 0 Å². The summed E-state index contributed by atoms with van der Waals surface area (Å²) >= 11 is 1.32. The highest BCUT2D eigenvalue weighted by Crippen LogP contribution is 2.26. The van der Waals surface area contributed by atoms with E-state index in [9.17, 15) is 24.5 Å². The van der Waals surface area contributed by atoms with Crippen molar-refractivity contribution in [3.63, 3.8) is 0 Å². The highest BCUT2D eigenvalue weighted by molar-refractivity contribution is 8.00. The van der Waals surface area contributed by atoms with Gasteiger partial charge < -0.3 is 15.7 Å². The number of hydrogen-bond acceptors (Lipinski definition) is 6. The van der Waals surface area contributed by atoms with E-state index >= 15 is 0 Å². The summed E-state index contributed by atoms with van der Waals surface area (Å²) < 4.78 is 0. The number of nitrogens with zero attached hydrogens (tertiary/aromatic N) is 1. The smallest absolute Gasteiger partial charge is 0.335 e. The Labute approximate surface area is 193 Å². The van der Waals surface area contributed by atoms with Gasteiger partial charge in [0, 0.05) is 34.0 Å². The van der Waals surface area contributed by atoms with E-state index in [1.807, 2.05) is 0 Å². The zero-order valence-electron chi connectivity index (χ0n) is 17.3. The fourth-order valence-electron chi connectivity index (χ4n) is 2.75. The van der Waals surface area contributed by atoms with E-state index in [1.165, 1.54) is 60.3 Å². The molecule has 0 saturated carbocycles. The Hall–Kier alpha value is -4.18. The van der Waals surface area contributed by atoms with E-state index in [0.29, 0.717) is 16.9 Å². The molecule has 0 heterocycles. The quantitative estimate of drug-likeness (QED) is 0.250. The molecule has 0 saturated heterocycles. The van der Waals surface area contributed by atoms with Crippen LogP contribution in [0.3, 0.4) is 0 Å². The number of nitrogens with one attached hydrogen (secondary N) is 2. The minimum atomic E-state index is -1.04. The number of benzene rings is 3. The van der Waals surface area contributed by atoms with Crippen LogP contribution in [0, 0.1) is 10.1 Å². The molecule has 3 aromatic carbocycles. The number of thioether (sulfide) groups is 1. The summed E-state index contributed by atoms with van der Waals surface area (Å²) in [5.41, 5.74) is 1.38. The second-order valence-corrected chi connectivity index (χ2v) is 8.33. The molecule has 0 radical (unpaired) electrons. The van der Waals surface area contributed by atoms with Crippen molar-refractivity contribution in [1.29, 1.82) is 0 Å². The van der Waals surface area contributed by atoms with Crippen molar-refractivity contribution < 1.29 is 24.4 Å². The average molecular weight is 465 g/mol. The van der Waals surface area contributed by atoms with Crippen LogP contribution in [0.4, 0.5) is 17.1 Å². The second-order valence-electron chi connectivity index (χ2n) is 6.91. The molecular formula is C23H19N3O6S. The molecule has 0 bridgehead atoms. The molecule has 0 fully saturated rings. The first kappa shape index (κ1) is 23.5. The summed E-state index contributed by atoms with van der Waals surface area (Å²) in [5.74, 6) is -1.67. The molecule has 0 spiro atoms. The van der Waals surface area contributed by atoms with Gasteiger partial charge in [-0.15, -0.1) is 11.8 Å². The fraction of sp³-hybridized carbons (Fsp3) is 0.0870. The molecule has 1 atom stereocenters. The molecule has 9 nitrogen and oxygen atoms in total. The third-order valence-electron chi connectivity index (χ3n) is 4.53. The van der Waals surface area contributed by atoms with Gasteiger partial charge in [0.15, 0.2) is 0 Å². The highest BCUT2D eigenvalue weighted by atomic mass is 32.2. The number of rotatable bonds is 8. The van der Waals surface area contributed by atoms with Crippen molar-refractivity contribution in [1.82, 2.24) is 0 Å². The summed E-state index contributed by atoms with van der Waals surface area (Å²) in [6.45, 7) is 1.75. The van der Waals surface area contributed by atoms with Gasteiger partial charge in [0.2, 0.25) is 5.91 Å². The number of nitro benzene ring substituents is 1. The Morgan fingerprint density at radius 1 is 0.848 bits per heavy atom. The lowest BCUT2D eigenvalue weighted by Crippen LogP contribution is -2.22. The van der Waals surface area contributed by atoms with Gasteiger partial charge in [0.05, 0.1) is 15.7 Å². The number of carboxylic acid groups (broad SMARTS) is 1. The number of anilines is 2. The first-order chi connectivity index (χ1) is 15.7. The monoisotopic (exact) mass is 465 g/mol. The Morgan fingerprint density at radius 3 is 1.91 bits per heavy atom. The molecule has 0 aliphatic rings. The van der Waals surface area contributed by atoms with E-state index in [-0.39, 0.29) is 17.2 Å². The van der Waals surface area contributed by atoms with Gasteiger partial charge in [-0.05, 0) is 67.6 Å². The molecule has 3 aromatic rings. The molecule has 1 unspecified atom stereocenters. The van der Waals surface area contributed by atoms with Crippen LogP contribution in [0.25, 0.3) is 0 Å². The van der Waals surface area contributed by atoms with Crippen LogP contribution in [-0.2, 0) is 4.79 Å². The predicted molar refractivity (Wildman–Crippen MR) is 125 cm³/mol. The van der Waals surface area contributed by atoms with Crippen molar-refractivity contribution in [2.75, 3.05) is 10.6 Å². The highest BCUT2D eigenvalue weighted by Gasteiger charge is 2.15. The minimum Gasteiger partial charge on any atom is -0.478 e. The molecule has 10 heteroatoms. The number of non-ortho nitro benzene ring substituents is 1. The van der Waals surface area contributed by atoms with Crippen LogP contribution in [0.1, 0.15) is 27.6 Å². The molecule has 33 heavy (non-hydrogen) atoms. The van der Waals surface area contributed by atoms with Crippen LogP contribution in [-0.4, -0.2) is 33.1 Å². The predicted octanol–water partition coefficient (Wildman–Crippen LogP) is 4.66. The zero-order valence-corrected chi connectivity index (χ0v) is 18.2. The number of nitro groups is 1. The van der Waals surface area contributed by atoms with Gasteiger partial charge in [0.25, 0.3) is 11.6 Å². The van der Waals surface area contributed by atoms with E-state index in [0.717, 1.165) is 4.90 Å². The number of aromatic carboxylic acids is 1. The van der Waals surface area contributed by atoms with Crippen molar-refractivity contribution in [3.8, 4) is 0 Å². The first-order valence-corrected chi connectivity index (χ1v) is 10.6. The molecule has 0 aromatic heterocycles. The lowest BCUT2D eigenvalue weighted by atomic mass is 10.2. The minimum absolute atomic E-state index is 0.0941. The maximum absolute atomic E-state index is 12.4. The molecular weight excluding hydrogens is 446 g/mol. The third kappa shape index (κ3) is 6.40. The molecule has 168 valence electrons. The average Bonchev–Trinajstić information content (AvgIpc) is 2.80. The lowest BCUT2D eigenvalue weighted by Gasteiger charge is -2.13. The largest absolute Gasteiger partial charge is 0.478 e. The Bertz CT molecular complexity index is 1180. The number of carboxylic acids is 1. The maximum atomic E-state index is 12.4. The van der Waals surface area contributed by atoms with E-state index < -0.39 is 22.0 Å². The Balaban J connectivity index is 1.54. The third-order valence-corrected chi connectivity index (χ3v) is 5.65. The van der Waals surface area contributed by atoms with Crippen LogP contribution in [0.2, 0.25) is 0 Å². The van der Waals surface area contributed by atoms with Crippen molar-refractivity contribution >= 4 is 46.6 Å². The standard InChI is InChI=1S/C23H19N3O6S/c1-14(21(27)24-17-6-2-16(3-7-17)23(29)30)33-20-12-8-18(9-13-20)25-22(28)15-4-10-19(11-5-15)26(31)32/h2-14H,1H3,(H,24,27)(H,25,28)(H,29,30). The van der Waals surface area contributed by atoms with Crippen LogP contribution in [0.15, 0.2) is 77.7 Å². The summed E-state index contributed by atoms with van der Waals surface area (Å²) in [6.07, 6.45) is 0. The Morgan fingerprint density at radius 2 is 1.36 bits per heavy atom. The molecule has 3 N–H and O–H groups in total. The molecule has 0 aliphatic carbocycles. The number of hydrogen-bond donors (Lipinski definition) is 3. The summed E-state index contributed by atoms with van der Waals surface area (Å²) in [4.78, 5) is 46.6. The topological polar surface area (TPSA) is 139 Å². The van der Waals surface area contributed by atoms with Gasteiger partial charge in [-0.25, -0.2) is 4.79 Å². The summed E-state index contributed by atoms with van der Waals surface area (Å²) in [7, 11) is 0. The second kappa shape index (κ2) is 10.4. The lowest BCUT2D eigenvalue weighted by molar-refractivity contribution is -0.384. The number of carbonyl (C=O) groups is 3. The number of carbonyl (C=O) groups excluding carboxylic acids is 2. The zero-order chi connectivity index (χ0) is 24.0. The van der Waals surface area contributed by atoms with Gasteiger partial charge >= 0.3 is 5.97 Å².